The summed E-state index contributed by atoms with van der Waals surface area (Å²) in [6.07, 6.45) is 0. The third-order valence-electron chi connectivity index (χ3n) is 8.21. The van der Waals surface area contributed by atoms with Crippen molar-refractivity contribution in [1.29, 1.82) is 0 Å². The summed E-state index contributed by atoms with van der Waals surface area (Å²) in [5, 5.41) is 3.06. The summed E-state index contributed by atoms with van der Waals surface area (Å²) in [5.74, 6) is -0.389. The van der Waals surface area contributed by atoms with Gasteiger partial charge in [0.1, 0.15) is 0 Å². The predicted molar refractivity (Wildman–Crippen MR) is 158 cm³/mol. The van der Waals surface area contributed by atoms with E-state index < -0.39 is 16.4 Å². The maximum atomic E-state index is 15.0. The van der Waals surface area contributed by atoms with Crippen LogP contribution in [0.4, 0.5) is 0 Å². The first-order valence-electron chi connectivity index (χ1n) is 13.6. The zero-order valence-corrected chi connectivity index (χ0v) is 24.3. The minimum Gasteiger partial charge on any atom is -0.321 e. The fourth-order valence-corrected chi connectivity index (χ4v) is 6.95. The van der Waals surface area contributed by atoms with Crippen molar-refractivity contribution in [2.75, 3.05) is 0 Å². The smallest absolute Gasteiger partial charge is 0.262 e. The average Bonchev–Trinajstić information content (AvgIpc) is 3.35. The molecule has 0 saturated carbocycles. The Labute approximate surface area is 232 Å². The normalized spacial score (nSPS) is 16.3. The van der Waals surface area contributed by atoms with Gasteiger partial charge in [-0.25, -0.2) is 0 Å². The van der Waals surface area contributed by atoms with Crippen LogP contribution in [0.2, 0.25) is 0 Å². The molecule has 0 unspecified atom stereocenters. The zero-order chi connectivity index (χ0) is 28.3. The van der Waals surface area contributed by atoms with Crippen molar-refractivity contribution < 1.29 is 9.59 Å². The summed E-state index contributed by atoms with van der Waals surface area (Å²) in [4.78, 5) is 30.8. The molecular formula is C35H38N2O2. The number of hydrogen-bond donors (Lipinski definition) is 1. The van der Waals surface area contributed by atoms with Crippen molar-refractivity contribution in [3.63, 3.8) is 0 Å². The lowest BCUT2D eigenvalue weighted by Crippen LogP contribution is -2.62. The molecule has 3 aromatic rings. The zero-order valence-electron chi connectivity index (χ0n) is 24.3. The minimum absolute atomic E-state index is 0.150. The molecule has 0 atom stereocenters. The minimum atomic E-state index is -0.790. The molecule has 39 heavy (non-hydrogen) atoms. The lowest BCUT2D eigenvalue weighted by molar-refractivity contribution is -0.141. The van der Waals surface area contributed by atoms with Crippen molar-refractivity contribution in [3.05, 3.63) is 118 Å². The van der Waals surface area contributed by atoms with Gasteiger partial charge in [0.15, 0.2) is 0 Å². The van der Waals surface area contributed by atoms with Crippen LogP contribution >= 0.6 is 0 Å². The Bertz CT molecular complexity index is 1500. The summed E-state index contributed by atoms with van der Waals surface area (Å²) >= 11 is 0. The van der Waals surface area contributed by atoms with Gasteiger partial charge in [0.25, 0.3) is 11.8 Å². The highest BCUT2D eigenvalue weighted by Crippen LogP contribution is 2.61. The number of amides is 2. The van der Waals surface area contributed by atoms with E-state index >= 15 is 0 Å². The Morgan fingerprint density at radius 2 is 1.10 bits per heavy atom. The largest absolute Gasteiger partial charge is 0.321 e. The van der Waals surface area contributed by atoms with E-state index in [0.29, 0.717) is 22.5 Å². The second kappa shape index (κ2) is 9.08. The SMILES string of the molecule is Cc1ccc(C2=C3C(=O)N(C(c4ccccc4)(C(C)(C)C)C(C)(C)C)C(c4ccc(C)cc4)=C3C(=O)N2)cc1. The Kier molecular flexibility index (Phi) is 6.21. The topological polar surface area (TPSA) is 49.4 Å². The van der Waals surface area contributed by atoms with Crippen molar-refractivity contribution >= 4 is 23.2 Å². The first-order valence-corrected chi connectivity index (χ1v) is 13.6. The highest BCUT2D eigenvalue weighted by atomic mass is 16.2. The van der Waals surface area contributed by atoms with E-state index in [0.717, 1.165) is 27.8 Å². The van der Waals surface area contributed by atoms with Crippen molar-refractivity contribution in [1.82, 2.24) is 10.2 Å². The van der Waals surface area contributed by atoms with Gasteiger partial charge in [-0.2, -0.15) is 0 Å². The summed E-state index contributed by atoms with van der Waals surface area (Å²) in [6.45, 7) is 17.2. The summed E-state index contributed by atoms with van der Waals surface area (Å²) in [7, 11) is 0. The van der Waals surface area contributed by atoms with Gasteiger partial charge in [-0.3, -0.25) is 14.5 Å². The molecule has 0 radical (unpaired) electrons. The number of fused-ring (bicyclic) bond motifs is 1. The molecule has 5 rings (SSSR count). The summed E-state index contributed by atoms with van der Waals surface area (Å²) in [6, 6.07) is 26.4. The van der Waals surface area contributed by atoms with E-state index in [4.69, 9.17) is 0 Å². The van der Waals surface area contributed by atoms with Crippen LogP contribution in [0.5, 0.6) is 0 Å². The number of nitrogens with one attached hydrogen (secondary N) is 1. The van der Waals surface area contributed by atoms with E-state index in [1.807, 2.05) is 85.5 Å². The van der Waals surface area contributed by atoms with Crippen molar-refractivity contribution in [2.45, 2.75) is 60.9 Å². The quantitative estimate of drug-likeness (QED) is 0.392. The van der Waals surface area contributed by atoms with E-state index in [1.165, 1.54) is 0 Å². The lowest BCUT2D eigenvalue weighted by atomic mass is 9.55. The highest BCUT2D eigenvalue weighted by molar-refractivity contribution is 6.30. The van der Waals surface area contributed by atoms with Gasteiger partial charge in [-0.1, -0.05) is 132 Å². The number of hydrogen-bond acceptors (Lipinski definition) is 2. The van der Waals surface area contributed by atoms with Gasteiger partial charge in [0, 0.05) is 0 Å². The maximum absolute atomic E-state index is 15.0. The Balaban J connectivity index is 1.92. The number of nitrogens with zero attached hydrogens (tertiary/aromatic N) is 1. The predicted octanol–water partition coefficient (Wildman–Crippen LogP) is 7.39. The van der Waals surface area contributed by atoms with Gasteiger partial charge in [0.2, 0.25) is 0 Å². The molecule has 3 aromatic carbocycles. The first kappa shape index (κ1) is 26.7. The number of aryl methyl sites for hydroxylation is 2. The number of benzene rings is 3. The Morgan fingerprint density at radius 1 is 0.615 bits per heavy atom. The molecule has 0 spiro atoms. The molecule has 2 heterocycles. The molecule has 0 aliphatic carbocycles. The fourth-order valence-electron chi connectivity index (χ4n) is 6.95. The van der Waals surface area contributed by atoms with Crippen LogP contribution < -0.4 is 5.32 Å². The van der Waals surface area contributed by atoms with Crippen LogP contribution in [0.1, 0.15) is 69.4 Å². The number of carbonyl (C=O) groups is 2. The van der Waals surface area contributed by atoms with Crippen LogP contribution in [0.15, 0.2) is 90.0 Å². The molecule has 0 fully saturated rings. The van der Waals surface area contributed by atoms with Crippen LogP contribution in [0.3, 0.4) is 0 Å². The van der Waals surface area contributed by atoms with Crippen LogP contribution in [-0.4, -0.2) is 16.7 Å². The molecule has 0 aromatic heterocycles. The molecule has 2 amide bonds. The third kappa shape index (κ3) is 3.96. The second-order valence-electron chi connectivity index (χ2n) is 12.9. The van der Waals surface area contributed by atoms with E-state index in [2.05, 4.69) is 59.0 Å². The highest BCUT2D eigenvalue weighted by Gasteiger charge is 2.62. The molecular weight excluding hydrogens is 480 g/mol. The summed E-state index contributed by atoms with van der Waals surface area (Å²) < 4.78 is 0. The van der Waals surface area contributed by atoms with Gasteiger partial charge >= 0.3 is 0 Å². The lowest BCUT2D eigenvalue weighted by Gasteiger charge is -2.59. The van der Waals surface area contributed by atoms with Gasteiger partial charge in [0.05, 0.1) is 28.1 Å². The Morgan fingerprint density at radius 3 is 1.59 bits per heavy atom. The molecule has 1 N–H and O–H groups in total. The fraction of sp³-hybridized carbons (Fsp3) is 0.314. The van der Waals surface area contributed by atoms with Gasteiger partial charge in [-0.05, 0) is 41.4 Å². The van der Waals surface area contributed by atoms with E-state index in [1.54, 1.807) is 0 Å². The maximum Gasteiger partial charge on any atom is 0.262 e. The van der Waals surface area contributed by atoms with Crippen LogP contribution in [-0.2, 0) is 15.1 Å². The van der Waals surface area contributed by atoms with E-state index in [-0.39, 0.29) is 11.8 Å². The van der Waals surface area contributed by atoms with E-state index in [9.17, 15) is 9.59 Å². The molecule has 0 saturated heterocycles. The van der Waals surface area contributed by atoms with Crippen molar-refractivity contribution in [3.8, 4) is 0 Å². The molecule has 2 aliphatic rings. The molecule has 4 heteroatoms. The van der Waals surface area contributed by atoms with Crippen LogP contribution in [0.25, 0.3) is 11.4 Å². The van der Waals surface area contributed by atoms with Gasteiger partial charge < -0.3 is 5.32 Å². The van der Waals surface area contributed by atoms with Crippen molar-refractivity contribution in [2.24, 2.45) is 10.8 Å². The molecule has 2 aliphatic heterocycles. The number of carbonyl (C=O) groups excluding carboxylic acids is 2. The Hall–Kier alpha value is -3.92. The standard InChI is InChI=1S/C35H38N2O2/c1-22-14-18-24(19-15-22)29-27-28(31(38)36-29)30(25-20-16-23(2)17-21-25)37(32(27)39)35(33(3,4)5,34(6,7)8)26-12-10-9-11-13-26/h9-21H,1-8H3,(H,36,38). The molecule has 200 valence electrons. The van der Waals surface area contributed by atoms with Gasteiger partial charge in [-0.15, -0.1) is 0 Å². The number of rotatable bonds is 4. The average molecular weight is 519 g/mol. The summed E-state index contributed by atoms with van der Waals surface area (Å²) in [5.41, 5.74) is 5.52. The third-order valence-corrected chi connectivity index (χ3v) is 8.21. The monoisotopic (exact) mass is 518 g/mol. The molecule has 4 nitrogen and oxygen atoms in total. The second-order valence-corrected chi connectivity index (χ2v) is 12.9. The molecule has 0 bridgehead atoms. The van der Waals surface area contributed by atoms with Crippen LogP contribution in [0, 0.1) is 24.7 Å². The first-order chi connectivity index (χ1) is 18.3.